The van der Waals surface area contributed by atoms with Crippen molar-refractivity contribution >= 4 is 23.9 Å². The molecule has 0 spiro atoms. The average molecular weight is 477 g/mol. The van der Waals surface area contributed by atoms with Crippen molar-refractivity contribution in [1.29, 1.82) is 0 Å². The van der Waals surface area contributed by atoms with Crippen LogP contribution in [0.5, 0.6) is 0 Å². The molecule has 0 amide bonds. The summed E-state index contributed by atoms with van der Waals surface area (Å²) in [4.78, 5) is 58.6. The fourth-order valence-electron chi connectivity index (χ4n) is 3.02. The van der Waals surface area contributed by atoms with Gasteiger partial charge in [-0.15, -0.1) is 4.89 Å². The van der Waals surface area contributed by atoms with Crippen LogP contribution in [0, 0.1) is 0 Å². The molecular formula is C22H36O11. The summed E-state index contributed by atoms with van der Waals surface area (Å²) in [6, 6.07) is 0. The Morgan fingerprint density at radius 3 is 1.42 bits per heavy atom. The minimum atomic E-state index is -1.49. The van der Waals surface area contributed by atoms with Crippen LogP contribution in [0.15, 0.2) is 0 Å². The van der Waals surface area contributed by atoms with Crippen molar-refractivity contribution in [3.05, 3.63) is 0 Å². The van der Waals surface area contributed by atoms with Crippen molar-refractivity contribution in [2.45, 2.75) is 110 Å². The van der Waals surface area contributed by atoms with Gasteiger partial charge in [0.2, 0.25) is 12.6 Å². The van der Waals surface area contributed by atoms with E-state index in [0.717, 1.165) is 0 Å². The Kier molecular flexibility index (Phi) is 13.6. The van der Waals surface area contributed by atoms with Gasteiger partial charge in [0, 0.05) is 32.8 Å². The van der Waals surface area contributed by atoms with Crippen molar-refractivity contribution in [2.24, 2.45) is 0 Å². The first kappa shape index (κ1) is 28.8. The molecule has 190 valence electrons. The van der Waals surface area contributed by atoms with Crippen LogP contribution in [0.3, 0.4) is 0 Å². The summed E-state index contributed by atoms with van der Waals surface area (Å²) < 4.78 is 27.5. The van der Waals surface area contributed by atoms with E-state index in [1.165, 1.54) is 7.11 Å². The van der Waals surface area contributed by atoms with Gasteiger partial charge in [-0.05, 0) is 25.7 Å². The molecule has 0 unspecified atom stereocenters. The monoisotopic (exact) mass is 476 g/mol. The van der Waals surface area contributed by atoms with Gasteiger partial charge in [0.1, 0.15) is 0 Å². The van der Waals surface area contributed by atoms with E-state index < -0.39 is 54.8 Å². The lowest BCUT2D eigenvalue weighted by atomic mass is 10.0. The van der Waals surface area contributed by atoms with Gasteiger partial charge in [0.15, 0.2) is 18.3 Å². The standard InChI is InChI=1S/C22H36O11/c1-6-10-14(23)28-18-19(29-15(24)11-7-2)21(27-5)31-22(33-32-17(26)13-9-4)20(18)30-16(25)12-8-3/h18-22H,6-13H2,1-5H3/t18-,19-,20-,21+,22-/m1/s1. The minimum absolute atomic E-state index is 0.0719. The summed E-state index contributed by atoms with van der Waals surface area (Å²) in [5, 5.41) is 0. The Morgan fingerprint density at radius 1 is 0.606 bits per heavy atom. The van der Waals surface area contributed by atoms with Gasteiger partial charge in [-0.25, -0.2) is 4.79 Å². The fraction of sp³-hybridized carbons (Fsp3) is 0.818. The van der Waals surface area contributed by atoms with Gasteiger partial charge >= 0.3 is 23.9 Å². The number of carbonyl (C=O) groups is 4. The summed E-state index contributed by atoms with van der Waals surface area (Å²) in [6.45, 7) is 7.16. The normalized spacial score (nSPS) is 24.6. The maximum atomic E-state index is 12.4. The molecule has 1 fully saturated rings. The molecule has 11 heteroatoms. The molecule has 1 aliphatic heterocycles. The SMILES string of the molecule is CCCC(=O)OO[C@H]1O[C@H](OC)[C@H](OC(=O)CCC)[C@@H](OC(=O)CCC)[C@H]1OC(=O)CCC. The Labute approximate surface area is 194 Å². The Morgan fingerprint density at radius 2 is 1.00 bits per heavy atom. The topological polar surface area (TPSA) is 133 Å². The highest BCUT2D eigenvalue weighted by Gasteiger charge is 2.54. The predicted octanol–water partition coefficient (Wildman–Crippen LogP) is 2.73. The van der Waals surface area contributed by atoms with Gasteiger partial charge in [0.05, 0.1) is 0 Å². The molecule has 11 nitrogen and oxygen atoms in total. The molecule has 0 saturated carbocycles. The van der Waals surface area contributed by atoms with Crippen LogP contribution in [-0.4, -0.2) is 61.9 Å². The predicted molar refractivity (Wildman–Crippen MR) is 112 cm³/mol. The molecule has 0 aromatic heterocycles. The van der Waals surface area contributed by atoms with E-state index in [1.807, 2.05) is 0 Å². The molecule has 0 aromatic rings. The highest BCUT2D eigenvalue weighted by Crippen LogP contribution is 2.31. The number of rotatable bonds is 14. The Bertz CT molecular complexity index is 636. The molecule has 0 aliphatic carbocycles. The first-order valence-electron chi connectivity index (χ1n) is 11.4. The van der Waals surface area contributed by atoms with E-state index in [4.69, 9.17) is 33.5 Å². The number of methoxy groups -OCH3 is 1. The summed E-state index contributed by atoms with van der Waals surface area (Å²) >= 11 is 0. The largest absolute Gasteiger partial charge is 0.454 e. The quantitative estimate of drug-likeness (QED) is 0.159. The zero-order valence-corrected chi connectivity index (χ0v) is 20.0. The first-order chi connectivity index (χ1) is 15.8. The molecule has 5 atom stereocenters. The van der Waals surface area contributed by atoms with Crippen molar-refractivity contribution in [3.63, 3.8) is 0 Å². The second kappa shape index (κ2) is 15.6. The minimum Gasteiger partial charge on any atom is -0.454 e. The highest BCUT2D eigenvalue weighted by molar-refractivity contribution is 5.71. The van der Waals surface area contributed by atoms with Gasteiger partial charge in [-0.2, -0.15) is 0 Å². The lowest BCUT2D eigenvalue weighted by Gasteiger charge is -2.42. The number of esters is 3. The Balaban J connectivity index is 3.27. The second-order valence-corrected chi connectivity index (χ2v) is 7.52. The molecule has 0 bridgehead atoms. The summed E-state index contributed by atoms with van der Waals surface area (Å²) in [5.74, 6) is -2.46. The first-order valence-corrected chi connectivity index (χ1v) is 11.4. The lowest BCUT2D eigenvalue weighted by molar-refractivity contribution is -0.425. The van der Waals surface area contributed by atoms with E-state index in [-0.39, 0.29) is 25.7 Å². The number of ether oxygens (including phenoxy) is 5. The molecule has 0 N–H and O–H groups in total. The van der Waals surface area contributed by atoms with Gasteiger partial charge in [0.25, 0.3) is 0 Å². The zero-order chi connectivity index (χ0) is 24.8. The molecular weight excluding hydrogens is 440 g/mol. The molecule has 0 radical (unpaired) electrons. The van der Waals surface area contributed by atoms with Crippen molar-refractivity contribution in [2.75, 3.05) is 7.11 Å². The average Bonchev–Trinajstić information content (AvgIpc) is 2.76. The Hall–Kier alpha value is -2.24. The van der Waals surface area contributed by atoms with Crippen molar-refractivity contribution < 1.29 is 52.6 Å². The maximum absolute atomic E-state index is 12.4. The summed E-state index contributed by atoms with van der Waals surface area (Å²) in [5.41, 5.74) is 0. The van der Waals surface area contributed by atoms with Gasteiger partial charge in [-0.1, -0.05) is 27.7 Å². The van der Waals surface area contributed by atoms with Crippen molar-refractivity contribution in [1.82, 2.24) is 0 Å². The third-order valence-electron chi connectivity index (χ3n) is 4.54. The van der Waals surface area contributed by atoms with Gasteiger partial charge < -0.3 is 23.7 Å². The summed E-state index contributed by atoms with van der Waals surface area (Å²) in [6.07, 6.45) is -4.29. The van der Waals surface area contributed by atoms with Crippen LogP contribution in [0.25, 0.3) is 0 Å². The van der Waals surface area contributed by atoms with E-state index >= 15 is 0 Å². The number of carbonyl (C=O) groups excluding carboxylic acids is 4. The molecule has 1 rings (SSSR count). The second-order valence-electron chi connectivity index (χ2n) is 7.52. The molecule has 1 saturated heterocycles. The van der Waals surface area contributed by atoms with Crippen LogP contribution in [-0.2, 0) is 52.6 Å². The molecule has 0 aromatic carbocycles. The maximum Gasteiger partial charge on any atom is 0.342 e. The molecule has 33 heavy (non-hydrogen) atoms. The summed E-state index contributed by atoms with van der Waals surface area (Å²) in [7, 11) is 1.29. The smallest absolute Gasteiger partial charge is 0.342 e. The molecule has 1 heterocycles. The molecule has 1 aliphatic rings. The number of hydrogen-bond acceptors (Lipinski definition) is 11. The van der Waals surface area contributed by atoms with E-state index in [0.29, 0.717) is 25.7 Å². The lowest BCUT2D eigenvalue weighted by Crippen LogP contribution is -2.62. The highest BCUT2D eigenvalue weighted by atomic mass is 17.2. The van der Waals surface area contributed by atoms with Crippen LogP contribution < -0.4 is 0 Å². The van der Waals surface area contributed by atoms with Crippen LogP contribution in [0.4, 0.5) is 0 Å². The number of hydrogen-bond donors (Lipinski definition) is 0. The van der Waals surface area contributed by atoms with E-state index in [2.05, 4.69) is 0 Å². The fourth-order valence-corrected chi connectivity index (χ4v) is 3.02. The van der Waals surface area contributed by atoms with Gasteiger partial charge in [-0.3, -0.25) is 19.3 Å². The third kappa shape index (κ3) is 9.65. The zero-order valence-electron chi connectivity index (χ0n) is 20.0. The van der Waals surface area contributed by atoms with Crippen LogP contribution >= 0.6 is 0 Å². The van der Waals surface area contributed by atoms with E-state index in [9.17, 15) is 19.2 Å². The van der Waals surface area contributed by atoms with Crippen LogP contribution in [0.1, 0.15) is 79.1 Å². The van der Waals surface area contributed by atoms with E-state index in [1.54, 1.807) is 27.7 Å². The van der Waals surface area contributed by atoms with Crippen LogP contribution in [0.2, 0.25) is 0 Å². The third-order valence-corrected chi connectivity index (χ3v) is 4.54. The van der Waals surface area contributed by atoms with Crippen molar-refractivity contribution in [3.8, 4) is 0 Å².